The van der Waals surface area contributed by atoms with E-state index >= 15 is 0 Å². The lowest BCUT2D eigenvalue weighted by molar-refractivity contribution is -0.134. The average Bonchev–Trinajstić information content (AvgIpc) is 3.35. The van der Waals surface area contributed by atoms with Gasteiger partial charge in [0.1, 0.15) is 6.04 Å². The van der Waals surface area contributed by atoms with Crippen molar-refractivity contribution in [2.24, 2.45) is 0 Å². The van der Waals surface area contributed by atoms with Crippen molar-refractivity contribution < 1.29 is 13.2 Å². The van der Waals surface area contributed by atoms with Crippen molar-refractivity contribution in [1.82, 2.24) is 14.2 Å². The molecule has 1 atom stereocenters. The van der Waals surface area contributed by atoms with Crippen LogP contribution in [0.25, 0.3) is 10.9 Å². The molecule has 7 nitrogen and oxygen atoms in total. The highest BCUT2D eigenvalue weighted by atomic mass is 35.5. The Morgan fingerprint density at radius 1 is 0.970 bits per heavy atom. The van der Waals surface area contributed by atoms with Gasteiger partial charge in [0.15, 0.2) is 0 Å². The number of carbonyl (C=O) groups is 1. The van der Waals surface area contributed by atoms with Gasteiger partial charge in [0, 0.05) is 55.0 Å². The lowest BCUT2D eigenvalue weighted by Gasteiger charge is -2.38. The second-order valence-electron chi connectivity index (χ2n) is 8.39. The van der Waals surface area contributed by atoms with Crippen molar-refractivity contribution >= 4 is 44.1 Å². The van der Waals surface area contributed by atoms with Gasteiger partial charge in [0.25, 0.3) is 0 Å². The van der Waals surface area contributed by atoms with Crippen LogP contribution < -0.4 is 4.90 Å². The number of rotatable bonds is 4. The van der Waals surface area contributed by atoms with Gasteiger partial charge in [-0.2, -0.15) is 4.31 Å². The summed E-state index contributed by atoms with van der Waals surface area (Å²) in [6, 6.07) is 15.4. The smallest absolute Gasteiger partial charge is 0.243 e. The van der Waals surface area contributed by atoms with Gasteiger partial charge in [0.2, 0.25) is 15.9 Å². The molecule has 1 aromatic heterocycles. The van der Waals surface area contributed by atoms with Crippen molar-refractivity contribution in [2.75, 3.05) is 37.6 Å². The molecular weight excluding hydrogens is 460 g/mol. The Kier molecular flexibility index (Phi) is 5.99. The number of nitrogens with zero attached hydrogens (tertiary/aromatic N) is 4. The molecule has 2 saturated heterocycles. The monoisotopic (exact) mass is 484 g/mol. The Labute approximate surface area is 198 Å². The lowest BCUT2D eigenvalue weighted by atomic mass is 10.1. The summed E-state index contributed by atoms with van der Waals surface area (Å²) in [7, 11) is -3.70. The zero-order chi connectivity index (χ0) is 23.0. The molecular formula is C24H25ClN4O3S. The van der Waals surface area contributed by atoms with E-state index in [0.717, 1.165) is 16.6 Å². The normalized spacial score (nSPS) is 19.8. The van der Waals surface area contributed by atoms with Gasteiger partial charge in [-0.15, -0.1) is 0 Å². The number of pyridine rings is 1. The molecule has 172 valence electrons. The highest BCUT2D eigenvalue weighted by molar-refractivity contribution is 7.89. The summed E-state index contributed by atoms with van der Waals surface area (Å²) in [5.41, 5.74) is 1.91. The van der Waals surface area contributed by atoms with Crippen LogP contribution in [0, 0.1) is 0 Å². The number of amides is 1. The molecule has 0 radical (unpaired) electrons. The molecule has 0 saturated carbocycles. The fraction of sp³-hybridized carbons (Fsp3) is 0.333. The predicted octanol–water partition coefficient (Wildman–Crippen LogP) is 3.39. The van der Waals surface area contributed by atoms with Crippen molar-refractivity contribution in [1.29, 1.82) is 0 Å². The molecule has 9 heteroatoms. The Balaban J connectivity index is 1.30. The van der Waals surface area contributed by atoms with Gasteiger partial charge in [-0.3, -0.25) is 9.78 Å². The van der Waals surface area contributed by atoms with E-state index in [1.165, 1.54) is 4.31 Å². The number of fused-ring (bicyclic) bond motifs is 1. The van der Waals surface area contributed by atoms with E-state index in [1.807, 2.05) is 24.3 Å². The second-order valence-corrected chi connectivity index (χ2v) is 10.7. The van der Waals surface area contributed by atoms with Crippen molar-refractivity contribution in [2.45, 2.75) is 23.8 Å². The number of anilines is 1. The summed E-state index contributed by atoms with van der Waals surface area (Å²) in [4.78, 5) is 22.1. The number of hydrogen-bond donors (Lipinski definition) is 0. The number of piperazine rings is 1. The van der Waals surface area contributed by atoms with E-state index in [2.05, 4.69) is 9.88 Å². The van der Waals surface area contributed by atoms with Crippen LogP contribution >= 0.6 is 11.6 Å². The standard InChI is InChI=1S/C24H25ClN4O3S/c25-18-8-9-20-21(17-18)26-11-10-22(20)27-13-15-28(16-14-27)24(30)23-7-4-12-29(23)33(31,32)19-5-2-1-3-6-19/h1-3,5-6,8-11,17,23H,4,7,12-16H2/t23-/m1/s1. The first-order valence-electron chi connectivity index (χ1n) is 11.1. The van der Waals surface area contributed by atoms with E-state index in [0.29, 0.717) is 50.6 Å². The zero-order valence-electron chi connectivity index (χ0n) is 18.1. The van der Waals surface area contributed by atoms with Crippen LogP contribution in [-0.4, -0.2) is 67.3 Å². The highest BCUT2D eigenvalue weighted by Gasteiger charge is 2.41. The van der Waals surface area contributed by atoms with E-state index in [-0.39, 0.29) is 10.8 Å². The maximum Gasteiger partial charge on any atom is 0.243 e. The first kappa shape index (κ1) is 22.1. The Morgan fingerprint density at radius 2 is 1.73 bits per heavy atom. The summed E-state index contributed by atoms with van der Waals surface area (Å²) in [5.74, 6) is -0.0991. The van der Waals surface area contributed by atoms with Crippen LogP contribution in [0.15, 0.2) is 65.7 Å². The fourth-order valence-electron chi connectivity index (χ4n) is 4.76. The summed E-state index contributed by atoms with van der Waals surface area (Å²) in [6.45, 7) is 2.81. The van der Waals surface area contributed by atoms with Gasteiger partial charge < -0.3 is 9.80 Å². The molecule has 2 aromatic carbocycles. The molecule has 33 heavy (non-hydrogen) atoms. The molecule has 0 unspecified atom stereocenters. The summed E-state index contributed by atoms with van der Waals surface area (Å²) in [5, 5.41) is 1.67. The number of sulfonamides is 1. The van der Waals surface area contributed by atoms with Crippen molar-refractivity contribution in [3.05, 3.63) is 65.8 Å². The van der Waals surface area contributed by atoms with Crippen LogP contribution in [0.3, 0.4) is 0 Å². The number of aromatic nitrogens is 1. The largest absolute Gasteiger partial charge is 0.367 e. The topological polar surface area (TPSA) is 73.8 Å². The zero-order valence-corrected chi connectivity index (χ0v) is 19.7. The van der Waals surface area contributed by atoms with E-state index in [9.17, 15) is 13.2 Å². The van der Waals surface area contributed by atoms with Crippen molar-refractivity contribution in [3.8, 4) is 0 Å². The Morgan fingerprint density at radius 3 is 2.48 bits per heavy atom. The van der Waals surface area contributed by atoms with Gasteiger partial charge in [-0.05, 0) is 49.2 Å². The molecule has 0 bridgehead atoms. The van der Waals surface area contributed by atoms with Gasteiger partial charge in [0.05, 0.1) is 10.4 Å². The van der Waals surface area contributed by atoms with E-state index < -0.39 is 16.1 Å². The van der Waals surface area contributed by atoms with Crippen LogP contribution in [0.4, 0.5) is 5.69 Å². The SMILES string of the molecule is O=C([C@H]1CCCN1S(=O)(=O)c1ccccc1)N1CCN(c2ccnc3cc(Cl)ccc23)CC1. The van der Waals surface area contributed by atoms with E-state index in [4.69, 9.17) is 11.6 Å². The number of halogens is 1. The summed E-state index contributed by atoms with van der Waals surface area (Å²) in [6.07, 6.45) is 3.02. The number of benzene rings is 2. The molecule has 2 aliphatic rings. The molecule has 0 spiro atoms. The Bertz CT molecular complexity index is 1280. The second kappa shape index (κ2) is 8.93. The summed E-state index contributed by atoms with van der Waals surface area (Å²) >= 11 is 6.11. The third kappa shape index (κ3) is 4.18. The molecule has 0 N–H and O–H groups in total. The molecule has 5 rings (SSSR count). The Hall–Kier alpha value is -2.68. The van der Waals surface area contributed by atoms with Crippen LogP contribution in [0.5, 0.6) is 0 Å². The maximum absolute atomic E-state index is 13.4. The molecule has 2 aliphatic heterocycles. The van der Waals surface area contributed by atoms with Crippen LogP contribution in [0.2, 0.25) is 5.02 Å². The fourth-order valence-corrected chi connectivity index (χ4v) is 6.60. The maximum atomic E-state index is 13.4. The quantitative estimate of drug-likeness (QED) is 0.567. The van der Waals surface area contributed by atoms with Gasteiger partial charge in [-0.1, -0.05) is 29.8 Å². The predicted molar refractivity (Wildman–Crippen MR) is 129 cm³/mol. The van der Waals surface area contributed by atoms with E-state index in [1.54, 1.807) is 41.4 Å². The van der Waals surface area contributed by atoms with Gasteiger partial charge in [-0.25, -0.2) is 8.42 Å². The molecule has 0 aliphatic carbocycles. The van der Waals surface area contributed by atoms with Crippen molar-refractivity contribution in [3.63, 3.8) is 0 Å². The number of carbonyl (C=O) groups excluding carboxylic acids is 1. The van der Waals surface area contributed by atoms with Crippen LogP contribution in [0.1, 0.15) is 12.8 Å². The van der Waals surface area contributed by atoms with Gasteiger partial charge >= 0.3 is 0 Å². The van der Waals surface area contributed by atoms with Crippen LogP contribution in [-0.2, 0) is 14.8 Å². The third-order valence-electron chi connectivity index (χ3n) is 6.45. The molecule has 3 heterocycles. The third-order valence-corrected chi connectivity index (χ3v) is 8.61. The minimum absolute atomic E-state index is 0.0991. The minimum atomic E-state index is -3.70. The average molecular weight is 485 g/mol. The highest BCUT2D eigenvalue weighted by Crippen LogP contribution is 2.30. The number of hydrogen-bond acceptors (Lipinski definition) is 5. The summed E-state index contributed by atoms with van der Waals surface area (Å²) < 4.78 is 27.7. The first-order valence-corrected chi connectivity index (χ1v) is 12.9. The minimum Gasteiger partial charge on any atom is -0.367 e. The molecule has 2 fully saturated rings. The molecule has 1 amide bonds. The lowest BCUT2D eigenvalue weighted by Crippen LogP contribution is -2.54. The molecule has 3 aromatic rings. The first-order chi connectivity index (χ1) is 15.9.